The number of halogens is 2. The lowest BCUT2D eigenvalue weighted by atomic mass is 10.2. The molecule has 3 aromatic carbocycles. The zero-order valence-corrected chi connectivity index (χ0v) is 16.9. The molecule has 1 N–H and O–H groups in total. The van der Waals surface area contributed by atoms with Crippen LogP contribution in [-0.4, -0.2) is 14.6 Å². The molecule has 5 nitrogen and oxygen atoms in total. The van der Waals surface area contributed by atoms with Crippen LogP contribution in [0.1, 0.15) is 11.1 Å². The quantitative estimate of drug-likeness (QED) is 0.425. The van der Waals surface area contributed by atoms with Gasteiger partial charge in [0.25, 0.3) is 10.0 Å². The molecule has 0 atom stereocenters. The van der Waals surface area contributed by atoms with Crippen LogP contribution in [0.15, 0.2) is 82.8 Å². The summed E-state index contributed by atoms with van der Waals surface area (Å²) in [6.07, 6.45) is 1.41. The van der Waals surface area contributed by atoms with E-state index in [2.05, 4.69) is 9.93 Å². The van der Waals surface area contributed by atoms with Crippen LogP contribution in [0.25, 0.3) is 0 Å². The Morgan fingerprint density at radius 2 is 1.57 bits per heavy atom. The highest BCUT2D eigenvalue weighted by Gasteiger charge is 2.11. The number of hydrogen-bond acceptors (Lipinski definition) is 4. The Labute approximate surface area is 173 Å². The van der Waals surface area contributed by atoms with Crippen molar-refractivity contribution in [3.63, 3.8) is 0 Å². The van der Waals surface area contributed by atoms with Crippen molar-refractivity contribution < 1.29 is 13.2 Å². The fourth-order valence-electron chi connectivity index (χ4n) is 2.27. The van der Waals surface area contributed by atoms with Crippen LogP contribution in [0.2, 0.25) is 10.0 Å². The van der Waals surface area contributed by atoms with E-state index in [1.807, 2.05) is 18.2 Å². The number of nitrogens with one attached hydrogen (secondary N) is 1. The fraction of sp³-hybridized carbons (Fsp3) is 0.0500. The lowest BCUT2D eigenvalue weighted by molar-refractivity contribution is 0.306. The summed E-state index contributed by atoms with van der Waals surface area (Å²) in [5, 5.41) is 4.94. The number of benzene rings is 3. The van der Waals surface area contributed by atoms with Gasteiger partial charge >= 0.3 is 0 Å². The highest BCUT2D eigenvalue weighted by molar-refractivity contribution is 7.89. The van der Waals surface area contributed by atoms with E-state index in [9.17, 15) is 8.42 Å². The Balaban J connectivity index is 1.62. The number of sulfonamides is 1. The van der Waals surface area contributed by atoms with Crippen LogP contribution < -0.4 is 9.57 Å². The van der Waals surface area contributed by atoms with Gasteiger partial charge < -0.3 is 4.74 Å². The van der Waals surface area contributed by atoms with Gasteiger partial charge in [-0.25, -0.2) is 4.83 Å². The summed E-state index contributed by atoms with van der Waals surface area (Å²) < 4.78 is 30.1. The first-order valence-electron chi connectivity index (χ1n) is 8.20. The van der Waals surface area contributed by atoms with Crippen LogP contribution in [0.4, 0.5) is 0 Å². The molecule has 3 rings (SSSR count). The van der Waals surface area contributed by atoms with Crippen molar-refractivity contribution in [3.05, 3.63) is 94.0 Å². The molecule has 8 heteroatoms. The van der Waals surface area contributed by atoms with Gasteiger partial charge in [0.2, 0.25) is 0 Å². The molecule has 0 aliphatic rings. The second kappa shape index (κ2) is 9.10. The van der Waals surface area contributed by atoms with E-state index < -0.39 is 10.0 Å². The SMILES string of the molecule is O=S(=O)(N/N=C/c1cccc(OCc2ccc(Cl)cc2)c1)c1ccc(Cl)cc1. The van der Waals surface area contributed by atoms with Gasteiger partial charge in [0.1, 0.15) is 12.4 Å². The number of rotatable bonds is 7. The first-order chi connectivity index (χ1) is 13.4. The molecule has 0 aromatic heterocycles. The van der Waals surface area contributed by atoms with Gasteiger partial charge in [-0.2, -0.15) is 13.5 Å². The van der Waals surface area contributed by atoms with Crippen molar-refractivity contribution in [1.82, 2.24) is 4.83 Å². The van der Waals surface area contributed by atoms with E-state index >= 15 is 0 Å². The molecule has 28 heavy (non-hydrogen) atoms. The van der Waals surface area contributed by atoms with Crippen molar-refractivity contribution >= 4 is 39.4 Å². The molecule has 0 radical (unpaired) electrons. The fourth-order valence-corrected chi connectivity index (χ4v) is 3.31. The van der Waals surface area contributed by atoms with Gasteiger partial charge in [0.15, 0.2) is 0 Å². The molecule has 0 spiro atoms. The van der Waals surface area contributed by atoms with Gasteiger partial charge in [-0.1, -0.05) is 47.5 Å². The third-order valence-corrected chi connectivity index (χ3v) is 5.43. The number of hydrazone groups is 1. The molecule has 0 aliphatic heterocycles. The van der Waals surface area contributed by atoms with Crippen LogP contribution in [-0.2, 0) is 16.6 Å². The molecule has 144 valence electrons. The predicted molar refractivity (Wildman–Crippen MR) is 112 cm³/mol. The van der Waals surface area contributed by atoms with E-state index in [4.69, 9.17) is 27.9 Å². The van der Waals surface area contributed by atoms with E-state index in [0.29, 0.717) is 28.0 Å². The Kier molecular flexibility index (Phi) is 6.57. The lowest BCUT2D eigenvalue weighted by Crippen LogP contribution is -2.18. The van der Waals surface area contributed by atoms with Gasteiger partial charge in [0, 0.05) is 10.0 Å². The molecule has 0 bridgehead atoms. The lowest BCUT2D eigenvalue weighted by Gasteiger charge is -2.07. The largest absolute Gasteiger partial charge is 0.489 e. The zero-order chi connectivity index (χ0) is 20.0. The molecule has 0 aliphatic carbocycles. The standard InChI is InChI=1S/C20H16Cl2N2O3S/c21-17-6-4-15(5-7-17)14-27-19-3-1-2-16(12-19)13-23-24-28(25,26)20-10-8-18(22)9-11-20/h1-13,24H,14H2/b23-13+. The van der Waals surface area contributed by atoms with Crippen molar-refractivity contribution in [2.75, 3.05) is 0 Å². The summed E-state index contributed by atoms with van der Waals surface area (Å²) in [5.74, 6) is 0.638. The minimum atomic E-state index is -3.76. The van der Waals surface area contributed by atoms with Crippen molar-refractivity contribution in [1.29, 1.82) is 0 Å². The van der Waals surface area contributed by atoms with E-state index in [1.54, 1.807) is 30.3 Å². The zero-order valence-electron chi connectivity index (χ0n) is 14.5. The van der Waals surface area contributed by atoms with Crippen LogP contribution in [0.5, 0.6) is 5.75 Å². The first-order valence-corrected chi connectivity index (χ1v) is 10.4. The second-order valence-corrected chi connectivity index (χ2v) is 8.33. The molecule has 0 saturated carbocycles. The number of nitrogens with zero attached hydrogens (tertiary/aromatic N) is 1. The third-order valence-electron chi connectivity index (χ3n) is 3.69. The smallest absolute Gasteiger partial charge is 0.276 e. The van der Waals surface area contributed by atoms with Crippen molar-refractivity contribution in [3.8, 4) is 5.75 Å². The van der Waals surface area contributed by atoms with Crippen LogP contribution >= 0.6 is 23.2 Å². The number of hydrogen-bond donors (Lipinski definition) is 1. The van der Waals surface area contributed by atoms with Gasteiger partial charge in [-0.3, -0.25) is 0 Å². The average Bonchev–Trinajstić information content (AvgIpc) is 2.68. The molecular weight excluding hydrogens is 419 g/mol. The van der Waals surface area contributed by atoms with Gasteiger partial charge in [-0.15, -0.1) is 0 Å². The second-order valence-electron chi connectivity index (χ2n) is 5.79. The Bertz CT molecular complexity index is 1070. The highest BCUT2D eigenvalue weighted by atomic mass is 35.5. The molecule has 0 heterocycles. The van der Waals surface area contributed by atoms with Crippen LogP contribution in [0.3, 0.4) is 0 Å². The third kappa shape index (κ3) is 5.73. The maximum Gasteiger partial charge on any atom is 0.276 e. The first kappa shape index (κ1) is 20.2. The summed E-state index contributed by atoms with van der Waals surface area (Å²) in [4.78, 5) is 2.25. The topological polar surface area (TPSA) is 67.8 Å². The van der Waals surface area contributed by atoms with Crippen molar-refractivity contribution in [2.24, 2.45) is 5.10 Å². The summed E-state index contributed by atoms with van der Waals surface area (Å²) in [6.45, 7) is 0.390. The Morgan fingerprint density at radius 3 is 2.25 bits per heavy atom. The highest BCUT2D eigenvalue weighted by Crippen LogP contribution is 2.16. The Hall–Kier alpha value is -2.54. The van der Waals surface area contributed by atoms with Crippen molar-refractivity contribution in [2.45, 2.75) is 11.5 Å². The van der Waals surface area contributed by atoms with Gasteiger partial charge in [-0.05, 0) is 59.7 Å². The monoisotopic (exact) mass is 434 g/mol. The average molecular weight is 435 g/mol. The molecule has 0 saturated heterocycles. The Morgan fingerprint density at radius 1 is 0.929 bits per heavy atom. The normalized spacial score (nSPS) is 11.5. The maximum atomic E-state index is 12.2. The number of ether oxygens (including phenoxy) is 1. The molecular formula is C20H16Cl2N2O3S. The minimum Gasteiger partial charge on any atom is -0.489 e. The van der Waals surface area contributed by atoms with E-state index in [0.717, 1.165) is 5.56 Å². The summed E-state index contributed by atoms with van der Waals surface area (Å²) >= 11 is 11.6. The van der Waals surface area contributed by atoms with E-state index in [1.165, 1.54) is 30.5 Å². The molecule has 3 aromatic rings. The maximum absolute atomic E-state index is 12.2. The molecule has 0 unspecified atom stereocenters. The predicted octanol–water partition coefficient (Wildman–Crippen LogP) is 4.88. The summed E-state index contributed by atoms with van der Waals surface area (Å²) in [5.41, 5.74) is 1.67. The molecule has 0 amide bonds. The van der Waals surface area contributed by atoms with Gasteiger partial charge in [0.05, 0.1) is 11.1 Å². The summed E-state index contributed by atoms with van der Waals surface area (Å²) in [6, 6.07) is 20.4. The molecule has 0 fully saturated rings. The van der Waals surface area contributed by atoms with Crippen LogP contribution in [0, 0.1) is 0 Å². The minimum absolute atomic E-state index is 0.0779. The summed E-state index contributed by atoms with van der Waals surface area (Å²) in [7, 11) is -3.76. The van der Waals surface area contributed by atoms with E-state index in [-0.39, 0.29) is 4.90 Å².